The van der Waals surface area contributed by atoms with Gasteiger partial charge in [0.1, 0.15) is 0 Å². The number of fused-ring (bicyclic) bond motifs is 1. The highest BCUT2D eigenvalue weighted by molar-refractivity contribution is 5.95. The second kappa shape index (κ2) is 8.13. The van der Waals surface area contributed by atoms with Crippen LogP contribution in [-0.2, 0) is 24.3 Å². The van der Waals surface area contributed by atoms with Crippen LogP contribution in [0.1, 0.15) is 60.8 Å². The van der Waals surface area contributed by atoms with E-state index in [1.54, 1.807) is 6.92 Å². The third kappa shape index (κ3) is 4.50. The molecule has 0 spiro atoms. The van der Waals surface area contributed by atoms with Crippen molar-refractivity contribution in [2.45, 2.75) is 66.1 Å². The van der Waals surface area contributed by atoms with Crippen molar-refractivity contribution in [3.8, 4) is 0 Å². The summed E-state index contributed by atoms with van der Waals surface area (Å²) in [4.78, 5) is 26.3. The van der Waals surface area contributed by atoms with E-state index in [0.717, 1.165) is 48.1 Å². The van der Waals surface area contributed by atoms with Gasteiger partial charge in [-0.05, 0) is 63.3 Å². The number of aryl methyl sites for hydroxylation is 1. The number of hydrogen-bond donors (Lipinski definition) is 2. The molecule has 1 aromatic carbocycles. The summed E-state index contributed by atoms with van der Waals surface area (Å²) in [6, 6.07) is 5.85. The fraction of sp³-hybridized carbons (Fsp3) is 0.522. The van der Waals surface area contributed by atoms with Crippen molar-refractivity contribution in [2.24, 2.45) is 5.92 Å². The monoisotopic (exact) mass is 409 g/mol. The van der Waals surface area contributed by atoms with E-state index in [-0.39, 0.29) is 17.9 Å². The van der Waals surface area contributed by atoms with E-state index in [2.05, 4.69) is 15.3 Å². The maximum Gasteiger partial charge on any atom is 0.251 e. The summed E-state index contributed by atoms with van der Waals surface area (Å²) in [5.74, 6) is 1.51. The van der Waals surface area contributed by atoms with Crippen LogP contribution < -0.4 is 10.6 Å². The largest absolute Gasteiger partial charge is 0.350 e. The Balaban J connectivity index is 1.64. The molecule has 1 fully saturated rings. The summed E-state index contributed by atoms with van der Waals surface area (Å²) in [5.41, 5.74) is 4.79. The van der Waals surface area contributed by atoms with Crippen molar-refractivity contribution in [3.05, 3.63) is 40.6 Å². The fourth-order valence-corrected chi connectivity index (χ4v) is 4.02. The van der Waals surface area contributed by atoms with Crippen molar-refractivity contribution >= 4 is 23.3 Å². The molecule has 0 unspecified atom stereocenters. The van der Waals surface area contributed by atoms with Crippen LogP contribution in [0.4, 0.5) is 11.5 Å². The predicted molar refractivity (Wildman–Crippen MR) is 117 cm³/mol. The first-order valence-corrected chi connectivity index (χ1v) is 10.8. The number of carbonyl (C=O) groups excluding carboxylic acids is 2. The molecule has 30 heavy (non-hydrogen) atoms. The fourth-order valence-electron chi connectivity index (χ4n) is 4.02. The highest BCUT2D eigenvalue weighted by atomic mass is 16.2. The second-order valence-electron chi connectivity index (χ2n) is 8.93. The van der Waals surface area contributed by atoms with Crippen LogP contribution >= 0.6 is 0 Å². The zero-order valence-corrected chi connectivity index (χ0v) is 18.3. The summed E-state index contributed by atoms with van der Waals surface area (Å²) in [5, 5.41) is 11.3. The van der Waals surface area contributed by atoms with Gasteiger partial charge < -0.3 is 15.5 Å². The standard InChI is InChI=1S/C23H31N5O2/c1-14(2)24-23(30)18-9-15(3)10-19(11-18)25-22-20-13-27(16(4)29)8-7-21(20)28(26-22)12-17-5-6-17/h9-11,14,17H,5-8,12-13H2,1-4H3,(H,24,30)(H,25,26). The SMILES string of the molecule is CC(=O)N1CCc2c(c(Nc3cc(C)cc(C(=O)NC(C)C)c3)nn2CC2CC2)C1. The summed E-state index contributed by atoms with van der Waals surface area (Å²) >= 11 is 0. The smallest absolute Gasteiger partial charge is 0.251 e. The zero-order chi connectivity index (χ0) is 21.4. The molecule has 2 aliphatic rings. The minimum absolute atomic E-state index is 0.0807. The van der Waals surface area contributed by atoms with Gasteiger partial charge in [0.05, 0.1) is 6.54 Å². The summed E-state index contributed by atoms with van der Waals surface area (Å²) in [6.07, 6.45) is 3.36. The Kier molecular flexibility index (Phi) is 5.54. The van der Waals surface area contributed by atoms with Crippen LogP contribution in [0.3, 0.4) is 0 Å². The number of anilines is 2. The molecule has 7 nitrogen and oxygen atoms in total. The molecule has 0 saturated heterocycles. The van der Waals surface area contributed by atoms with Crippen LogP contribution in [0.25, 0.3) is 0 Å². The molecule has 1 saturated carbocycles. The van der Waals surface area contributed by atoms with E-state index in [9.17, 15) is 9.59 Å². The normalized spacial score (nSPS) is 15.8. The van der Waals surface area contributed by atoms with Crippen LogP contribution in [0.2, 0.25) is 0 Å². The van der Waals surface area contributed by atoms with E-state index in [1.807, 2.05) is 43.9 Å². The second-order valence-corrected chi connectivity index (χ2v) is 8.93. The maximum atomic E-state index is 12.5. The average molecular weight is 410 g/mol. The number of rotatable bonds is 6. The first-order valence-electron chi connectivity index (χ1n) is 10.8. The Morgan fingerprint density at radius 2 is 2.00 bits per heavy atom. The molecule has 0 bridgehead atoms. The molecule has 2 aromatic rings. The third-order valence-corrected chi connectivity index (χ3v) is 5.73. The lowest BCUT2D eigenvalue weighted by Gasteiger charge is -2.26. The van der Waals surface area contributed by atoms with Gasteiger partial charge in [-0.1, -0.05) is 0 Å². The molecule has 1 aliphatic heterocycles. The quantitative estimate of drug-likeness (QED) is 0.767. The first-order chi connectivity index (χ1) is 14.3. The Labute approximate surface area is 177 Å². The van der Waals surface area contributed by atoms with Crippen LogP contribution in [-0.4, -0.2) is 39.1 Å². The lowest BCUT2D eigenvalue weighted by molar-refractivity contribution is -0.129. The Hall–Kier alpha value is -2.83. The molecule has 160 valence electrons. The van der Waals surface area contributed by atoms with E-state index in [1.165, 1.54) is 18.5 Å². The average Bonchev–Trinajstić information content (AvgIpc) is 3.43. The lowest BCUT2D eigenvalue weighted by Crippen LogP contribution is -2.34. The summed E-state index contributed by atoms with van der Waals surface area (Å²) in [7, 11) is 0. The third-order valence-electron chi connectivity index (χ3n) is 5.73. The van der Waals surface area contributed by atoms with Crippen LogP contribution in [0, 0.1) is 12.8 Å². The number of benzene rings is 1. The van der Waals surface area contributed by atoms with Gasteiger partial charge in [0.25, 0.3) is 5.91 Å². The maximum absolute atomic E-state index is 12.5. The number of nitrogens with zero attached hydrogens (tertiary/aromatic N) is 3. The highest BCUT2D eigenvalue weighted by Gasteiger charge is 2.29. The van der Waals surface area contributed by atoms with Crippen molar-refractivity contribution in [2.75, 3.05) is 11.9 Å². The first kappa shape index (κ1) is 20.4. The molecule has 0 radical (unpaired) electrons. The predicted octanol–water partition coefficient (Wildman–Crippen LogP) is 3.39. The zero-order valence-electron chi connectivity index (χ0n) is 18.3. The van der Waals surface area contributed by atoms with Gasteiger partial charge in [0.15, 0.2) is 5.82 Å². The highest BCUT2D eigenvalue weighted by Crippen LogP contribution is 2.34. The number of amides is 2. The van der Waals surface area contributed by atoms with Crippen molar-refractivity contribution in [3.63, 3.8) is 0 Å². The molecule has 7 heteroatoms. The molecule has 2 heterocycles. The van der Waals surface area contributed by atoms with Crippen molar-refractivity contribution in [1.29, 1.82) is 0 Å². The van der Waals surface area contributed by atoms with Gasteiger partial charge in [-0.15, -0.1) is 0 Å². The van der Waals surface area contributed by atoms with Gasteiger partial charge in [-0.25, -0.2) is 0 Å². The van der Waals surface area contributed by atoms with Crippen molar-refractivity contribution < 1.29 is 9.59 Å². The van der Waals surface area contributed by atoms with E-state index >= 15 is 0 Å². The van der Waals surface area contributed by atoms with Gasteiger partial charge in [0, 0.05) is 55.0 Å². The number of aromatic nitrogens is 2. The minimum Gasteiger partial charge on any atom is -0.350 e. The summed E-state index contributed by atoms with van der Waals surface area (Å²) in [6.45, 7) is 9.76. The minimum atomic E-state index is -0.0826. The van der Waals surface area contributed by atoms with Gasteiger partial charge in [-0.3, -0.25) is 14.3 Å². The molecular weight excluding hydrogens is 378 g/mol. The molecule has 2 N–H and O–H groups in total. The lowest BCUT2D eigenvalue weighted by atomic mass is 10.1. The molecule has 0 atom stereocenters. The Morgan fingerprint density at radius 1 is 1.23 bits per heavy atom. The molecule has 1 aromatic heterocycles. The van der Waals surface area contributed by atoms with E-state index in [0.29, 0.717) is 12.1 Å². The molecule has 2 amide bonds. The molecular formula is C23H31N5O2. The summed E-state index contributed by atoms with van der Waals surface area (Å²) < 4.78 is 2.13. The number of carbonyl (C=O) groups is 2. The molecule has 1 aliphatic carbocycles. The van der Waals surface area contributed by atoms with Gasteiger partial charge >= 0.3 is 0 Å². The number of hydrogen-bond acceptors (Lipinski definition) is 4. The van der Waals surface area contributed by atoms with E-state index in [4.69, 9.17) is 5.10 Å². The van der Waals surface area contributed by atoms with Gasteiger partial charge in [0.2, 0.25) is 5.91 Å². The Bertz CT molecular complexity index is 974. The van der Waals surface area contributed by atoms with Crippen LogP contribution in [0.15, 0.2) is 18.2 Å². The van der Waals surface area contributed by atoms with Crippen molar-refractivity contribution in [1.82, 2.24) is 20.0 Å². The molecule has 4 rings (SSSR count). The van der Waals surface area contributed by atoms with Crippen LogP contribution in [0.5, 0.6) is 0 Å². The Morgan fingerprint density at radius 3 is 2.67 bits per heavy atom. The van der Waals surface area contributed by atoms with E-state index < -0.39 is 0 Å². The number of nitrogens with one attached hydrogen (secondary N) is 2. The van der Waals surface area contributed by atoms with Gasteiger partial charge in [-0.2, -0.15) is 5.10 Å². The topological polar surface area (TPSA) is 79.3 Å².